The molecule has 0 fully saturated rings. The van der Waals surface area contributed by atoms with Crippen molar-refractivity contribution in [1.82, 2.24) is 9.78 Å². The summed E-state index contributed by atoms with van der Waals surface area (Å²) in [5.41, 5.74) is 2.00. The van der Waals surface area contributed by atoms with Gasteiger partial charge >= 0.3 is 0 Å². The Morgan fingerprint density at radius 3 is 2.53 bits per heavy atom. The van der Waals surface area contributed by atoms with E-state index in [1.165, 1.54) is 22.9 Å². The molecule has 1 aromatic heterocycles. The van der Waals surface area contributed by atoms with E-state index in [0.717, 1.165) is 5.56 Å². The molecule has 3 aromatic carbocycles. The van der Waals surface area contributed by atoms with Crippen LogP contribution in [0, 0.1) is 5.82 Å². The van der Waals surface area contributed by atoms with Crippen LogP contribution in [0.15, 0.2) is 71.8 Å². The molecule has 0 aliphatic rings. The molecule has 0 radical (unpaired) electrons. The van der Waals surface area contributed by atoms with Crippen molar-refractivity contribution in [3.63, 3.8) is 0 Å². The largest absolute Gasteiger partial charge is 0.326 e. The number of fused-ring (bicyclic) bond motifs is 1. The first-order valence-electron chi connectivity index (χ1n) is 9.51. The summed E-state index contributed by atoms with van der Waals surface area (Å²) >= 11 is 6.10. The average molecular weight is 473 g/mol. The molecule has 164 valence electrons. The Balaban J connectivity index is 1.65. The van der Waals surface area contributed by atoms with Crippen LogP contribution in [-0.2, 0) is 27.8 Å². The molecule has 3 N–H and O–H groups in total. The van der Waals surface area contributed by atoms with Crippen LogP contribution in [0.3, 0.4) is 0 Å². The molecule has 0 aliphatic heterocycles. The fourth-order valence-corrected chi connectivity index (χ4v) is 4.28. The van der Waals surface area contributed by atoms with Gasteiger partial charge in [-0.2, -0.15) is 5.10 Å². The van der Waals surface area contributed by atoms with Crippen LogP contribution >= 0.6 is 11.6 Å². The number of hydrogen-bond donors (Lipinski definition) is 2. The van der Waals surface area contributed by atoms with Gasteiger partial charge in [0.25, 0.3) is 0 Å². The van der Waals surface area contributed by atoms with Gasteiger partial charge in [0.2, 0.25) is 15.9 Å². The van der Waals surface area contributed by atoms with Gasteiger partial charge in [-0.1, -0.05) is 41.9 Å². The molecule has 0 aliphatic carbocycles. The summed E-state index contributed by atoms with van der Waals surface area (Å²) in [5, 5.41) is 13.3. The van der Waals surface area contributed by atoms with E-state index in [2.05, 4.69) is 10.4 Å². The van der Waals surface area contributed by atoms with Gasteiger partial charge in [0.05, 0.1) is 23.4 Å². The smallest absolute Gasteiger partial charge is 0.238 e. The lowest BCUT2D eigenvalue weighted by atomic mass is 10.1. The van der Waals surface area contributed by atoms with Gasteiger partial charge in [0, 0.05) is 22.3 Å². The number of halogens is 2. The van der Waals surface area contributed by atoms with Crippen molar-refractivity contribution in [3.05, 3.63) is 88.8 Å². The Morgan fingerprint density at radius 2 is 1.84 bits per heavy atom. The first kappa shape index (κ1) is 21.9. The molecule has 7 nitrogen and oxygen atoms in total. The Hall–Kier alpha value is -3.27. The maximum atomic E-state index is 13.1. The summed E-state index contributed by atoms with van der Waals surface area (Å²) in [7, 11) is -4.09. The lowest BCUT2D eigenvalue weighted by Gasteiger charge is -2.08. The number of carbonyl (C=O) groups is 1. The Kier molecular flexibility index (Phi) is 5.96. The van der Waals surface area contributed by atoms with Gasteiger partial charge in [-0.25, -0.2) is 17.9 Å². The van der Waals surface area contributed by atoms with E-state index < -0.39 is 10.0 Å². The van der Waals surface area contributed by atoms with Crippen molar-refractivity contribution < 1.29 is 17.6 Å². The minimum absolute atomic E-state index is 0.0153. The number of rotatable bonds is 6. The highest BCUT2D eigenvalue weighted by atomic mass is 35.5. The number of amides is 1. The van der Waals surface area contributed by atoms with Crippen LogP contribution in [0.2, 0.25) is 5.02 Å². The van der Waals surface area contributed by atoms with Crippen molar-refractivity contribution in [2.24, 2.45) is 5.14 Å². The van der Waals surface area contributed by atoms with E-state index in [-0.39, 0.29) is 28.7 Å². The summed E-state index contributed by atoms with van der Waals surface area (Å²) in [4.78, 5) is 12.3. The molecule has 0 unspecified atom stereocenters. The summed E-state index contributed by atoms with van der Waals surface area (Å²) in [6.45, 7) is 0.299. The summed E-state index contributed by atoms with van der Waals surface area (Å²) in [6.07, 6.45) is 1.56. The first-order valence-corrected chi connectivity index (χ1v) is 11.4. The molecule has 1 heterocycles. The van der Waals surface area contributed by atoms with E-state index in [4.69, 9.17) is 16.7 Å². The van der Waals surface area contributed by atoms with E-state index in [0.29, 0.717) is 28.0 Å². The molecule has 10 heteroatoms. The lowest BCUT2D eigenvalue weighted by Crippen LogP contribution is -2.16. The normalized spacial score (nSPS) is 11.6. The van der Waals surface area contributed by atoms with Crippen LogP contribution in [0.4, 0.5) is 10.1 Å². The number of aromatic nitrogens is 2. The molecular formula is C22H18ClFN4O3S. The first-order chi connectivity index (χ1) is 15.2. The zero-order valence-electron chi connectivity index (χ0n) is 16.6. The second-order valence-electron chi connectivity index (χ2n) is 7.22. The maximum absolute atomic E-state index is 13.1. The topological polar surface area (TPSA) is 107 Å². The zero-order valence-corrected chi connectivity index (χ0v) is 18.2. The van der Waals surface area contributed by atoms with Crippen molar-refractivity contribution in [2.45, 2.75) is 17.9 Å². The predicted molar refractivity (Wildman–Crippen MR) is 120 cm³/mol. The van der Waals surface area contributed by atoms with Crippen LogP contribution in [-0.4, -0.2) is 24.1 Å². The number of primary sulfonamides is 1. The highest BCUT2D eigenvalue weighted by Gasteiger charge is 2.18. The Morgan fingerprint density at radius 1 is 1.12 bits per heavy atom. The standard InChI is InChI=1S/C22H18ClFN4O3S/c23-19-4-2-1-3-15(19)9-22(29)26-17-10-20-18(21(11-17)32(25,30)31)13-28(27-20)12-14-5-7-16(24)8-6-14/h1-8,10-11,13H,9,12H2,(H,26,29)(H2,25,30,31). The fraction of sp³-hybridized carbons (Fsp3) is 0.0909. The number of hydrogen-bond acceptors (Lipinski definition) is 4. The predicted octanol–water partition coefficient (Wildman–Crippen LogP) is 3.71. The van der Waals surface area contributed by atoms with Crippen molar-refractivity contribution in [3.8, 4) is 0 Å². The number of benzene rings is 3. The molecule has 0 spiro atoms. The number of carbonyl (C=O) groups excluding carboxylic acids is 1. The monoisotopic (exact) mass is 472 g/mol. The van der Waals surface area contributed by atoms with Gasteiger partial charge in [0.1, 0.15) is 5.82 Å². The van der Waals surface area contributed by atoms with Crippen LogP contribution in [0.25, 0.3) is 10.9 Å². The third kappa shape index (κ3) is 4.96. The van der Waals surface area contributed by atoms with Gasteiger partial charge in [0.15, 0.2) is 0 Å². The molecule has 4 aromatic rings. The maximum Gasteiger partial charge on any atom is 0.238 e. The molecule has 0 saturated carbocycles. The van der Waals surface area contributed by atoms with Crippen molar-refractivity contribution in [2.75, 3.05) is 5.32 Å². The van der Waals surface area contributed by atoms with E-state index in [9.17, 15) is 17.6 Å². The second-order valence-corrected chi connectivity index (χ2v) is 9.16. The highest BCUT2D eigenvalue weighted by Crippen LogP contribution is 2.27. The molecule has 0 atom stereocenters. The summed E-state index contributed by atoms with van der Waals surface area (Å²) < 4.78 is 39.1. The minimum Gasteiger partial charge on any atom is -0.326 e. The van der Waals surface area contributed by atoms with Gasteiger partial charge < -0.3 is 5.32 Å². The minimum atomic E-state index is -4.09. The molecule has 4 rings (SSSR count). The quantitative estimate of drug-likeness (QED) is 0.446. The molecule has 0 saturated heterocycles. The molecular weight excluding hydrogens is 455 g/mol. The fourth-order valence-electron chi connectivity index (χ4n) is 3.33. The Labute approximate surface area is 188 Å². The summed E-state index contributed by atoms with van der Waals surface area (Å²) in [6, 6.07) is 15.7. The Bertz CT molecular complexity index is 1420. The number of anilines is 1. The SMILES string of the molecule is NS(=O)(=O)c1cc(NC(=O)Cc2ccccc2Cl)cc2nn(Cc3ccc(F)cc3)cc12. The van der Waals surface area contributed by atoms with E-state index >= 15 is 0 Å². The van der Waals surface area contributed by atoms with E-state index in [1.807, 2.05) is 0 Å². The lowest BCUT2D eigenvalue weighted by molar-refractivity contribution is -0.115. The van der Waals surface area contributed by atoms with Gasteiger partial charge in [-0.15, -0.1) is 0 Å². The molecule has 32 heavy (non-hydrogen) atoms. The van der Waals surface area contributed by atoms with Crippen LogP contribution in [0.5, 0.6) is 0 Å². The molecule has 0 bridgehead atoms. The number of nitrogens with one attached hydrogen (secondary N) is 1. The number of nitrogens with two attached hydrogens (primary N) is 1. The summed E-state index contributed by atoms with van der Waals surface area (Å²) in [5.74, 6) is -0.725. The van der Waals surface area contributed by atoms with Crippen LogP contribution in [0.1, 0.15) is 11.1 Å². The highest BCUT2D eigenvalue weighted by molar-refractivity contribution is 7.89. The second kappa shape index (κ2) is 8.70. The van der Waals surface area contributed by atoms with Crippen molar-refractivity contribution >= 4 is 44.1 Å². The van der Waals surface area contributed by atoms with Crippen LogP contribution < -0.4 is 10.5 Å². The average Bonchev–Trinajstić information content (AvgIpc) is 3.12. The molecule has 1 amide bonds. The van der Waals surface area contributed by atoms with Gasteiger partial charge in [-0.3, -0.25) is 9.48 Å². The van der Waals surface area contributed by atoms with Crippen molar-refractivity contribution in [1.29, 1.82) is 0 Å². The number of nitrogens with zero attached hydrogens (tertiary/aromatic N) is 2. The zero-order chi connectivity index (χ0) is 22.9. The van der Waals surface area contributed by atoms with E-state index in [1.54, 1.807) is 48.7 Å². The third-order valence-corrected chi connectivity index (χ3v) is 6.11. The third-order valence-electron chi connectivity index (χ3n) is 4.79. The van der Waals surface area contributed by atoms with Gasteiger partial charge in [-0.05, 0) is 41.5 Å². The number of sulfonamides is 1.